The van der Waals surface area contributed by atoms with Gasteiger partial charge in [0.25, 0.3) is 0 Å². The number of aryl methyl sites for hydroxylation is 1. The van der Waals surface area contributed by atoms with Gasteiger partial charge in [0.2, 0.25) is 0 Å². The minimum absolute atomic E-state index is 0.162. The smallest absolute Gasteiger partial charge is 0.399 e. The summed E-state index contributed by atoms with van der Waals surface area (Å²) in [6, 6.07) is 10.5. The average molecular weight is 251 g/mol. The van der Waals surface area contributed by atoms with Crippen molar-refractivity contribution in [3.63, 3.8) is 0 Å². The van der Waals surface area contributed by atoms with Crippen molar-refractivity contribution >= 4 is 5.69 Å². The molecule has 0 fully saturated rings. The predicted molar refractivity (Wildman–Crippen MR) is 66.0 cm³/mol. The van der Waals surface area contributed by atoms with Crippen LogP contribution >= 0.6 is 0 Å². The highest BCUT2D eigenvalue weighted by Crippen LogP contribution is 2.38. The molecule has 1 nitrogen and oxygen atoms in total. The van der Waals surface area contributed by atoms with E-state index in [0.717, 1.165) is 11.6 Å². The monoisotopic (exact) mass is 251 g/mol. The highest BCUT2D eigenvalue weighted by atomic mass is 19.4. The fraction of sp³-hybridized carbons (Fsp3) is 0.143. The van der Waals surface area contributed by atoms with Gasteiger partial charge in [-0.15, -0.1) is 0 Å². The number of alkyl halides is 3. The van der Waals surface area contributed by atoms with Gasteiger partial charge in [-0.2, -0.15) is 13.2 Å². The SMILES string of the molecule is Cc1ccc(N)cc1-c1ccccc1C(F)(F)F. The van der Waals surface area contributed by atoms with Crippen LogP contribution in [0.5, 0.6) is 0 Å². The van der Waals surface area contributed by atoms with E-state index in [9.17, 15) is 13.2 Å². The van der Waals surface area contributed by atoms with Crippen LogP contribution in [0.4, 0.5) is 18.9 Å². The van der Waals surface area contributed by atoms with Gasteiger partial charge in [0.05, 0.1) is 5.56 Å². The van der Waals surface area contributed by atoms with E-state index in [1.165, 1.54) is 12.1 Å². The van der Waals surface area contributed by atoms with Gasteiger partial charge < -0.3 is 5.73 Å². The second-order valence-electron chi connectivity index (χ2n) is 4.12. The Morgan fingerprint density at radius 3 is 2.28 bits per heavy atom. The van der Waals surface area contributed by atoms with Crippen LogP contribution in [0.2, 0.25) is 0 Å². The maximum atomic E-state index is 12.9. The molecule has 94 valence electrons. The van der Waals surface area contributed by atoms with E-state index in [-0.39, 0.29) is 5.56 Å². The first kappa shape index (κ1) is 12.5. The Morgan fingerprint density at radius 1 is 0.944 bits per heavy atom. The number of hydrogen-bond acceptors (Lipinski definition) is 1. The lowest BCUT2D eigenvalue weighted by atomic mass is 9.95. The summed E-state index contributed by atoms with van der Waals surface area (Å²) in [5.74, 6) is 0. The first-order valence-corrected chi connectivity index (χ1v) is 5.42. The number of hydrogen-bond donors (Lipinski definition) is 1. The fourth-order valence-corrected chi connectivity index (χ4v) is 1.89. The minimum atomic E-state index is -4.37. The summed E-state index contributed by atoms with van der Waals surface area (Å²) < 4.78 is 38.8. The predicted octanol–water partition coefficient (Wildman–Crippen LogP) is 4.26. The lowest BCUT2D eigenvalue weighted by molar-refractivity contribution is -0.137. The van der Waals surface area contributed by atoms with Crippen molar-refractivity contribution in [1.29, 1.82) is 0 Å². The van der Waals surface area contributed by atoms with Crippen LogP contribution in [-0.4, -0.2) is 0 Å². The Balaban J connectivity index is 2.68. The summed E-state index contributed by atoms with van der Waals surface area (Å²) in [4.78, 5) is 0. The molecule has 0 spiro atoms. The Kier molecular flexibility index (Phi) is 3.03. The Morgan fingerprint density at radius 2 is 1.61 bits per heavy atom. The van der Waals surface area contributed by atoms with Gasteiger partial charge in [-0.05, 0) is 41.8 Å². The average Bonchev–Trinajstić information content (AvgIpc) is 2.31. The van der Waals surface area contributed by atoms with E-state index in [1.807, 2.05) is 0 Å². The Labute approximate surface area is 103 Å². The second kappa shape index (κ2) is 4.37. The van der Waals surface area contributed by atoms with Gasteiger partial charge in [-0.25, -0.2) is 0 Å². The van der Waals surface area contributed by atoms with Gasteiger partial charge >= 0.3 is 6.18 Å². The minimum Gasteiger partial charge on any atom is -0.399 e. The fourth-order valence-electron chi connectivity index (χ4n) is 1.89. The van der Waals surface area contributed by atoms with Crippen LogP contribution in [0.15, 0.2) is 42.5 Å². The van der Waals surface area contributed by atoms with Crippen LogP contribution in [-0.2, 0) is 6.18 Å². The van der Waals surface area contributed by atoms with Crippen LogP contribution in [0, 0.1) is 6.92 Å². The molecular formula is C14H12F3N. The number of nitrogens with two attached hydrogens (primary N) is 1. The molecule has 0 aliphatic rings. The number of rotatable bonds is 1. The number of halogens is 3. The summed E-state index contributed by atoms with van der Waals surface area (Å²) in [5.41, 5.74) is 6.90. The maximum Gasteiger partial charge on any atom is 0.417 e. The summed E-state index contributed by atoms with van der Waals surface area (Å²) in [6.07, 6.45) is -4.37. The zero-order chi connectivity index (χ0) is 13.3. The molecule has 0 amide bonds. The molecule has 0 heterocycles. The third-order valence-corrected chi connectivity index (χ3v) is 2.78. The van der Waals surface area contributed by atoms with Gasteiger partial charge in [-0.3, -0.25) is 0 Å². The topological polar surface area (TPSA) is 26.0 Å². The molecule has 0 aliphatic carbocycles. The van der Waals surface area contributed by atoms with E-state index in [0.29, 0.717) is 11.3 Å². The molecule has 0 atom stereocenters. The van der Waals surface area contributed by atoms with Crippen LogP contribution in [0.3, 0.4) is 0 Å². The molecule has 2 rings (SSSR count). The van der Waals surface area contributed by atoms with Crippen molar-refractivity contribution in [2.75, 3.05) is 5.73 Å². The van der Waals surface area contributed by atoms with Gasteiger partial charge in [0.1, 0.15) is 0 Å². The summed E-state index contributed by atoms with van der Waals surface area (Å²) in [7, 11) is 0. The molecule has 0 unspecified atom stereocenters. The zero-order valence-corrected chi connectivity index (χ0v) is 9.75. The molecular weight excluding hydrogens is 239 g/mol. The molecule has 0 aromatic heterocycles. The lowest BCUT2D eigenvalue weighted by Crippen LogP contribution is -2.07. The third-order valence-electron chi connectivity index (χ3n) is 2.78. The number of anilines is 1. The van der Waals surface area contributed by atoms with E-state index >= 15 is 0 Å². The maximum absolute atomic E-state index is 12.9. The summed E-state index contributed by atoms with van der Waals surface area (Å²) in [5, 5.41) is 0. The molecule has 0 saturated heterocycles. The molecule has 18 heavy (non-hydrogen) atoms. The number of nitrogen functional groups attached to an aromatic ring is 1. The zero-order valence-electron chi connectivity index (χ0n) is 9.75. The van der Waals surface area contributed by atoms with E-state index in [4.69, 9.17) is 5.73 Å². The van der Waals surface area contributed by atoms with Gasteiger partial charge in [0, 0.05) is 5.69 Å². The molecule has 2 aromatic carbocycles. The molecule has 0 bridgehead atoms. The largest absolute Gasteiger partial charge is 0.417 e. The Bertz CT molecular complexity index is 573. The van der Waals surface area contributed by atoms with E-state index < -0.39 is 11.7 Å². The van der Waals surface area contributed by atoms with Crippen LogP contribution < -0.4 is 5.73 Å². The molecule has 0 saturated carbocycles. The molecule has 0 aliphatic heterocycles. The van der Waals surface area contributed by atoms with E-state index in [1.54, 1.807) is 31.2 Å². The van der Waals surface area contributed by atoms with Crippen LogP contribution in [0.25, 0.3) is 11.1 Å². The first-order chi connectivity index (χ1) is 8.39. The van der Waals surface area contributed by atoms with Crippen molar-refractivity contribution in [1.82, 2.24) is 0 Å². The number of benzene rings is 2. The van der Waals surface area contributed by atoms with Gasteiger partial charge in [0.15, 0.2) is 0 Å². The Hall–Kier alpha value is -1.97. The van der Waals surface area contributed by atoms with Crippen LogP contribution in [0.1, 0.15) is 11.1 Å². The van der Waals surface area contributed by atoms with Crippen molar-refractivity contribution in [2.45, 2.75) is 13.1 Å². The highest BCUT2D eigenvalue weighted by molar-refractivity contribution is 5.74. The second-order valence-corrected chi connectivity index (χ2v) is 4.12. The van der Waals surface area contributed by atoms with Crippen molar-refractivity contribution in [2.24, 2.45) is 0 Å². The summed E-state index contributed by atoms with van der Waals surface area (Å²) in [6.45, 7) is 1.77. The molecule has 2 N–H and O–H groups in total. The molecule has 2 aromatic rings. The lowest BCUT2D eigenvalue weighted by Gasteiger charge is -2.14. The van der Waals surface area contributed by atoms with Crippen molar-refractivity contribution < 1.29 is 13.2 Å². The first-order valence-electron chi connectivity index (χ1n) is 5.42. The summed E-state index contributed by atoms with van der Waals surface area (Å²) >= 11 is 0. The van der Waals surface area contributed by atoms with Crippen molar-refractivity contribution in [3.05, 3.63) is 53.6 Å². The highest BCUT2D eigenvalue weighted by Gasteiger charge is 2.33. The normalized spacial score (nSPS) is 11.6. The van der Waals surface area contributed by atoms with Gasteiger partial charge in [-0.1, -0.05) is 24.3 Å². The standard InChI is InChI=1S/C14H12F3N/c1-9-6-7-10(18)8-12(9)11-4-2-3-5-13(11)14(15,16)17/h2-8H,18H2,1H3. The molecule has 4 heteroatoms. The molecule has 0 radical (unpaired) electrons. The third kappa shape index (κ3) is 2.32. The quantitative estimate of drug-likeness (QED) is 0.753. The van der Waals surface area contributed by atoms with Crippen molar-refractivity contribution in [3.8, 4) is 11.1 Å². The van der Waals surface area contributed by atoms with E-state index in [2.05, 4.69) is 0 Å².